The Morgan fingerprint density at radius 1 is 1.07 bits per heavy atom. The van der Waals surface area contributed by atoms with Gasteiger partial charge >= 0.3 is 0 Å². The minimum absolute atomic E-state index is 0.142. The number of hydrogen-bond donors (Lipinski definition) is 1. The number of furan rings is 1. The second-order valence-electron chi connectivity index (χ2n) is 5.85. The lowest BCUT2D eigenvalue weighted by Crippen LogP contribution is -2.28. The number of ether oxygens (including phenoxy) is 2. The van der Waals surface area contributed by atoms with Crippen molar-refractivity contribution in [2.75, 3.05) is 13.7 Å². The average Bonchev–Trinajstić information content (AvgIpc) is 3.18. The largest absolute Gasteiger partial charge is 0.486 e. The number of carbonyl (C=O) groups excluding carboxylic acids is 1. The Bertz CT molecular complexity index is 861. The van der Waals surface area contributed by atoms with Gasteiger partial charge < -0.3 is 19.2 Å². The first-order valence-electron chi connectivity index (χ1n) is 8.48. The lowest BCUT2D eigenvalue weighted by molar-refractivity contribution is 0.0804. The van der Waals surface area contributed by atoms with Crippen LogP contribution in [-0.2, 0) is 11.3 Å². The molecule has 27 heavy (non-hydrogen) atoms. The summed E-state index contributed by atoms with van der Waals surface area (Å²) < 4.78 is 29.3. The van der Waals surface area contributed by atoms with Crippen LogP contribution in [0.1, 0.15) is 28.0 Å². The van der Waals surface area contributed by atoms with Gasteiger partial charge in [0.05, 0.1) is 6.10 Å². The average molecular weight is 369 g/mol. The van der Waals surface area contributed by atoms with Crippen molar-refractivity contribution < 1.29 is 23.1 Å². The fraction of sp³-hybridized carbons (Fsp3) is 0.190. The maximum atomic E-state index is 12.9. The van der Waals surface area contributed by atoms with E-state index in [4.69, 9.17) is 13.9 Å². The summed E-state index contributed by atoms with van der Waals surface area (Å²) in [7, 11) is 1.60. The van der Waals surface area contributed by atoms with Gasteiger partial charge in [-0.2, -0.15) is 0 Å². The Labute approximate surface area is 156 Å². The predicted octanol–water partition coefficient (Wildman–Crippen LogP) is 4.12. The van der Waals surface area contributed by atoms with E-state index in [2.05, 4.69) is 5.32 Å². The third-order valence-corrected chi connectivity index (χ3v) is 3.98. The third kappa shape index (κ3) is 5.18. The summed E-state index contributed by atoms with van der Waals surface area (Å²) in [6, 6.07) is 18.6. The SMILES string of the molecule is COC(CNC(=O)c1ccc(COc2ccc(F)cc2)o1)c1ccccc1. The third-order valence-electron chi connectivity index (χ3n) is 3.98. The van der Waals surface area contributed by atoms with Gasteiger partial charge in [0.25, 0.3) is 5.91 Å². The van der Waals surface area contributed by atoms with Crippen LogP contribution in [0.3, 0.4) is 0 Å². The molecule has 0 spiro atoms. The lowest BCUT2D eigenvalue weighted by Gasteiger charge is -2.16. The Morgan fingerprint density at radius 3 is 2.52 bits per heavy atom. The highest BCUT2D eigenvalue weighted by atomic mass is 19.1. The number of hydrogen-bond acceptors (Lipinski definition) is 4. The van der Waals surface area contributed by atoms with Gasteiger partial charge in [0.2, 0.25) is 0 Å². The first kappa shape index (κ1) is 18.7. The molecule has 3 rings (SSSR count). The summed E-state index contributed by atoms with van der Waals surface area (Å²) >= 11 is 0. The molecule has 1 N–H and O–H groups in total. The van der Waals surface area contributed by atoms with Crippen LogP contribution < -0.4 is 10.1 Å². The number of amides is 1. The molecule has 0 aliphatic rings. The summed E-state index contributed by atoms with van der Waals surface area (Å²) in [4.78, 5) is 12.3. The monoisotopic (exact) mass is 369 g/mol. The van der Waals surface area contributed by atoms with Crippen molar-refractivity contribution in [1.82, 2.24) is 5.32 Å². The molecule has 1 aromatic heterocycles. The molecule has 6 heteroatoms. The van der Waals surface area contributed by atoms with Crippen molar-refractivity contribution in [1.29, 1.82) is 0 Å². The van der Waals surface area contributed by atoms with Crippen molar-refractivity contribution >= 4 is 5.91 Å². The zero-order valence-corrected chi connectivity index (χ0v) is 14.9. The molecular weight excluding hydrogens is 349 g/mol. The first-order chi connectivity index (χ1) is 13.2. The maximum Gasteiger partial charge on any atom is 0.287 e. The molecule has 0 aliphatic carbocycles. The topological polar surface area (TPSA) is 60.7 Å². The highest BCUT2D eigenvalue weighted by Crippen LogP contribution is 2.17. The predicted molar refractivity (Wildman–Crippen MR) is 98.0 cm³/mol. The second kappa shape index (κ2) is 9.00. The van der Waals surface area contributed by atoms with Gasteiger partial charge in [0.1, 0.15) is 23.9 Å². The fourth-order valence-corrected chi connectivity index (χ4v) is 2.54. The van der Waals surface area contributed by atoms with Crippen LogP contribution in [0.15, 0.2) is 71.1 Å². The molecule has 0 saturated heterocycles. The van der Waals surface area contributed by atoms with E-state index in [1.165, 1.54) is 24.3 Å². The van der Waals surface area contributed by atoms with E-state index in [1.807, 2.05) is 30.3 Å². The van der Waals surface area contributed by atoms with E-state index in [9.17, 15) is 9.18 Å². The fourth-order valence-electron chi connectivity index (χ4n) is 2.54. The molecule has 0 bridgehead atoms. The number of carbonyl (C=O) groups is 1. The van der Waals surface area contributed by atoms with Crippen LogP contribution in [0.2, 0.25) is 0 Å². The number of benzene rings is 2. The van der Waals surface area contributed by atoms with Crippen LogP contribution in [0.25, 0.3) is 0 Å². The quantitative estimate of drug-likeness (QED) is 0.649. The van der Waals surface area contributed by atoms with Crippen LogP contribution in [0.5, 0.6) is 5.75 Å². The molecule has 1 amide bonds. The molecule has 0 radical (unpaired) electrons. The summed E-state index contributed by atoms with van der Waals surface area (Å²) in [6.07, 6.45) is -0.244. The van der Waals surface area contributed by atoms with E-state index in [0.29, 0.717) is 18.1 Å². The molecule has 140 valence electrons. The van der Waals surface area contributed by atoms with Gasteiger partial charge in [-0.3, -0.25) is 4.79 Å². The van der Waals surface area contributed by atoms with Crippen LogP contribution >= 0.6 is 0 Å². The number of rotatable bonds is 8. The second-order valence-corrected chi connectivity index (χ2v) is 5.85. The molecule has 1 atom stereocenters. The van der Waals surface area contributed by atoms with Gasteiger partial charge in [-0.05, 0) is 42.0 Å². The highest BCUT2D eigenvalue weighted by molar-refractivity contribution is 5.91. The normalized spacial score (nSPS) is 11.8. The number of methoxy groups -OCH3 is 1. The highest BCUT2D eigenvalue weighted by Gasteiger charge is 2.15. The summed E-state index contributed by atoms with van der Waals surface area (Å²) in [6.45, 7) is 0.463. The Balaban J connectivity index is 1.52. The van der Waals surface area contributed by atoms with Crippen molar-refractivity contribution in [3.63, 3.8) is 0 Å². The van der Waals surface area contributed by atoms with Crippen molar-refractivity contribution in [2.24, 2.45) is 0 Å². The minimum atomic E-state index is -0.332. The van der Waals surface area contributed by atoms with E-state index in [0.717, 1.165) is 5.56 Å². The lowest BCUT2D eigenvalue weighted by atomic mass is 10.1. The van der Waals surface area contributed by atoms with Crippen LogP contribution in [0, 0.1) is 5.82 Å². The summed E-state index contributed by atoms with van der Waals surface area (Å²) in [5.41, 5.74) is 0.980. The Hall–Kier alpha value is -3.12. The number of nitrogens with one attached hydrogen (secondary N) is 1. The summed E-state index contributed by atoms with van der Waals surface area (Å²) in [5.74, 6) is 0.543. The molecule has 0 aliphatic heterocycles. The summed E-state index contributed by atoms with van der Waals surface area (Å²) in [5, 5.41) is 2.80. The maximum absolute atomic E-state index is 12.9. The van der Waals surface area contributed by atoms with Gasteiger partial charge in [0.15, 0.2) is 5.76 Å². The zero-order valence-electron chi connectivity index (χ0n) is 14.9. The molecule has 2 aromatic carbocycles. The molecular formula is C21H20FNO4. The molecule has 3 aromatic rings. The van der Waals surface area contributed by atoms with Gasteiger partial charge in [-0.25, -0.2) is 4.39 Å². The van der Waals surface area contributed by atoms with Crippen molar-refractivity contribution in [2.45, 2.75) is 12.7 Å². The molecule has 0 fully saturated rings. The Kier molecular flexibility index (Phi) is 6.22. The zero-order chi connectivity index (χ0) is 19.1. The van der Waals surface area contributed by atoms with Crippen LogP contribution in [0.4, 0.5) is 4.39 Å². The number of halogens is 1. The van der Waals surface area contributed by atoms with Gasteiger partial charge in [-0.1, -0.05) is 30.3 Å². The standard InChI is InChI=1S/C21H20FNO4/c1-25-20(15-5-3-2-4-6-15)13-23-21(24)19-12-11-18(27-19)14-26-17-9-7-16(22)8-10-17/h2-12,20H,13-14H2,1H3,(H,23,24). The van der Waals surface area contributed by atoms with E-state index in [-0.39, 0.29) is 30.2 Å². The van der Waals surface area contributed by atoms with E-state index in [1.54, 1.807) is 19.2 Å². The van der Waals surface area contributed by atoms with E-state index < -0.39 is 0 Å². The van der Waals surface area contributed by atoms with Crippen LogP contribution in [-0.4, -0.2) is 19.6 Å². The van der Waals surface area contributed by atoms with E-state index >= 15 is 0 Å². The van der Waals surface area contributed by atoms with Gasteiger partial charge in [-0.15, -0.1) is 0 Å². The molecule has 1 heterocycles. The van der Waals surface area contributed by atoms with Crippen molar-refractivity contribution in [3.05, 3.63) is 89.6 Å². The Morgan fingerprint density at radius 2 is 1.81 bits per heavy atom. The smallest absolute Gasteiger partial charge is 0.287 e. The molecule has 5 nitrogen and oxygen atoms in total. The molecule has 0 saturated carbocycles. The molecule has 1 unspecified atom stereocenters. The van der Waals surface area contributed by atoms with Crippen molar-refractivity contribution in [3.8, 4) is 5.75 Å². The first-order valence-corrected chi connectivity index (χ1v) is 8.48. The van der Waals surface area contributed by atoms with Gasteiger partial charge in [0, 0.05) is 13.7 Å². The minimum Gasteiger partial charge on any atom is -0.486 e.